The molecule has 4 aliphatic carbocycles. The lowest BCUT2D eigenvalue weighted by atomic mass is 9.48. The fourth-order valence-corrected chi connectivity index (χ4v) is 4.84. The summed E-state index contributed by atoms with van der Waals surface area (Å²) in [5, 5.41) is 10.1. The van der Waals surface area contributed by atoms with Gasteiger partial charge in [0.25, 0.3) is 0 Å². The van der Waals surface area contributed by atoms with E-state index in [0.29, 0.717) is 6.54 Å². The lowest BCUT2D eigenvalue weighted by molar-refractivity contribution is -0.116. The topological polar surface area (TPSA) is 46.2 Å². The molecule has 4 fully saturated rings. The molecule has 0 aromatic heterocycles. The minimum atomic E-state index is -0.226. The van der Waals surface area contributed by atoms with Crippen molar-refractivity contribution in [3.05, 3.63) is 0 Å². The molecule has 4 bridgehead atoms. The van der Waals surface area contributed by atoms with E-state index in [1.807, 2.05) is 0 Å². The highest BCUT2D eigenvalue weighted by molar-refractivity contribution is 5.04. The highest BCUT2D eigenvalue weighted by atomic mass is 16.3. The van der Waals surface area contributed by atoms with E-state index in [0.717, 1.165) is 17.8 Å². The highest BCUT2D eigenvalue weighted by Crippen LogP contribution is 2.61. The lowest BCUT2D eigenvalue weighted by Gasteiger charge is -2.58. The summed E-state index contributed by atoms with van der Waals surface area (Å²) in [6.45, 7) is 0.464. The van der Waals surface area contributed by atoms with Crippen molar-refractivity contribution in [2.45, 2.75) is 44.6 Å². The fourth-order valence-electron chi connectivity index (χ4n) is 4.84. The van der Waals surface area contributed by atoms with Gasteiger partial charge in [0.05, 0.1) is 6.10 Å². The Bertz CT molecular complexity index is 203. The molecule has 0 heterocycles. The zero-order valence-corrected chi connectivity index (χ0v) is 8.78. The number of aliphatic hydroxyl groups is 1. The first kappa shape index (κ1) is 9.17. The van der Waals surface area contributed by atoms with Gasteiger partial charge in [-0.15, -0.1) is 0 Å². The molecule has 4 rings (SSSR count). The molecule has 0 aromatic carbocycles. The van der Waals surface area contributed by atoms with Crippen LogP contribution in [-0.2, 0) is 0 Å². The molecule has 0 aromatic rings. The maximum atomic E-state index is 10.1. The Hall–Kier alpha value is -0.0800. The van der Waals surface area contributed by atoms with Gasteiger partial charge >= 0.3 is 0 Å². The van der Waals surface area contributed by atoms with Crippen LogP contribution in [0.2, 0.25) is 0 Å². The molecular formula is C12H21NO. The van der Waals surface area contributed by atoms with E-state index >= 15 is 0 Å². The first-order chi connectivity index (χ1) is 6.72. The van der Waals surface area contributed by atoms with Crippen molar-refractivity contribution in [3.63, 3.8) is 0 Å². The second-order valence-corrected chi connectivity index (χ2v) is 6.03. The van der Waals surface area contributed by atoms with Gasteiger partial charge in [-0.3, -0.25) is 0 Å². The van der Waals surface area contributed by atoms with Gasteiger partial charge in [-0.25, -0.2) is 0 Å². The van der Waals surface area contributed by atoms with Crippen molar-refractivity contribution in [3.8, 4) is 0 Å². The normalized spacial score (nSPS) is 52.3. The third kappa shape index (κ3) is 1.17. The molecule has 0 radical (unpaired) electrons. The average molecular weight is 195 g/mol. The summed E-state index contributed by atoms with van der Waals surface area (Å²) < 4.78 is 0. The smallest absolute Gasteiger partial charge is 0.0718 e. The van der Waals surface area contributed by atoms with Gasteiger partial charge in [0.1, 0.15) is 0 Å². The van der Waals surface area contributed by atoms with Crippen LogP contribution in [-0.4, -0.2) is 17.8 Å². The molecular weight excluding hydrogens is 174 g/mol. The second-order valence-electron chi connectivity index (χ2n) is 6.03. The Morgan fingerprint density at radius 2 is 1.50 bits per heavy atom. The standard InChI is InChI=1S/C12H21NO/c13-7-11(14)12-4-8-1-9(5-12)3-10(2-8)6-12/h8-11,14H,1-7,13H2/t8?,9?,10?,11-,12?/m1/s1. The van der Waals surface area contributed by atoms with Crippen molar-refractivity contribution < 1.29 is 5.11 Å². The van der Waals surface area contributed by atoms with Gasteiger partial charge in [0, 0.05) is 6.54 Å². The Morgan fingerprint density at radius 3 is 1.86 bits per heavy atom. The first-order valence-electron chi connectivity index (χ1n) is 6.10. The van der Waals surface area contributed by atoms with Crippen LogP contribution in [0, 0.1) is 23.2 Å². The Morgan fingerprint density at radius 1 is 1.07 bits per heavy atom. The molecule has 0 saturated heterocycles. The first-order valence-corrected chi connectivity index (χ1v) is 6.10. The van der Waals surface area contributed by atoms with E-state index in [9.17, 15) is 5.11 Å². The summed E-state index contributed by atoms with van der Waals surface area (Å²) in [6.07, 6.45) is 7.88. The average Bonchev–Trinajstić information content (AvgIpc) is 2.14. The van der Waals surface area contributed by atoms with E-state index in [-0.39, 0.29) is 11.5 Å². The summed E-state index contributed by atoms with van der Waals surface area (Å²) in [5.74, 6) is 2.76. The minimum Gasteiger partial charge on any atom is -0.391 e. The molecule has 3 N–H and O–H groups in total. The molecule has 4 saturated carbocycles. The van der Waals surface area contributed by atoms with Crippen LogP contribution in [0.4, 0.5) is 0 Å². The summed E-state index contributed by atoms with van der Waals surface area (Å²) in [5.41, 5.74) is 5.88. The molecule has 1 atom stereocenters. The van der Waals surface area contributed by atoms with Crippen LogP contribution in [0.25, 0.3) is 0 Å². The Balaban J connectivity index is 1.87. The Labute approximate surface area is 85.9 Å². The van der Waals surface area contributed by atoms with Crippen LogP contribution in [0.15, 0.2) is 0 Å². The summed E-state index contributed by atoms with van der Waals surface area (Å²) >= 11 is 0. The third-order valence-electron chi connectivity index (χ3n) is 5.02. The minimum absolute atomic E-state index is 0.226. The van der Waals surface area contributed by atoms with E-state index in [1.54, 1.807) is 0 Å². The molecule has 0 aliphatic heterocycles. The van der Waals surface area contributed by atoms with Crippen molar-refractivity contribution >= 4 is 0 Å². The highest BCUT2D eigenvalue weighted by Gasteiger charge is 2.53. The molecule has 0 amide bonds. The predicted octanol–water partition coefficient (Wildman–Crippen LogP) is 1.52. The zero-order chi connectivity index (χ0) is 9.76. The van der Waals surface area contributed by atoms with E-state index in [2.05, 4.69) is 0 Å². The van der Waals surface area contributed by atoms with Gasteiger partial charge < -0.3 is 10.8 Å². The monoisotopic (exact) mass is 195 g/mol. The molecule has 4 aliphatic rings. The quantitative estimate of drug-likeness (QED) is 0.702. The molecule has 0 spiro atoms. The van der Waals surface area contributed by atoms with Crippen molar-refractivity contribution in [2.75, 3.05) is 6.54 Å². The van der Waals surface area contributed by atoms with Crippen molar-refractivity contribution in [2.24, 2.45) is 28.9 Å². The molecule has 80 valence electrons. The fraction of sp³-hybridized carbons (Fsp3) is 1.00. The summed E-state index contributed by atoms with van der Waals surface area (Å²) in [6, 6.07) is 0. The van der Waals surface area contributed by atoms with E-state index < -0.39 is 0 Å². The summed E-state index contributed by atoms with van der Waals surface area (Å²) in [4.78, 5) is 0. The van der Waals surface area contributed by atoms with Gasteiger partial charge in [-0.05, 0) is 61.7 Å². The number of hydrogen-bond donors (Lipinski definition) is 2. The second kappa shape index (κ2) is 2.96. The van der Waals surface area contributed by atoms with Crippen LogP contribution >= 0.6 is 0 Å². The van der Waals surface area contributed by atoms with Gasteiger partial charge in [-0.2, -0.15) is 0 Å². The predicted molar refractivity (Wildman–Crippen MR) is 55.7 cm³/mol. The zero-order valence-electron chi connectivity index (χ0n) is 8.78. The maximum absolute atomic E-state index is 10.1. The summed E-state index contributed by atoms with van der Waals surface area (Å²) in [7, 11) is 0. The van der Waals surface area contributed by atoms with Gasteiger partial charge in [0.15, 0.2) is 0 Å². The number of nitrogens with two attached hydrogens (primary N) is 1. The lowest BCUT2D eigenvalue weighted by Crippen LogP contribution is -2.53. The maximum Gasteiger partial charge on any atom is 0.0718 e. The van der Waals surface area contributed by atoms with Crippen molar-refractivity contribution in [1.82, 2.24) is 0 Å². The van der Waals surface area contributed by atoms with Crippen LogP contribution in [0.1, 0.15) is 38.5 Å². The van der Waals surface area contributed by atoms with E-state index in [1.165, 1.54) is 38.5 Å². The van der Waals surface area contributed by atoms with Crippen LogP contribution in [0.5, 0.6) is 0 Å². The molecule has 2 heteroatoms. The van der Waals surface area contributed by atoms with Crippen molar-refractivity contribution in [1.29, 1.82) is 0 Å². The van der Waals surface area contributed by atoms with E-state index in [4.69, 9.17) is 5.73 Å². The Kier molecular flexibility index (Phi) is 1.94. The van der Waals surface area contributed by atoms with Crippen LogP contribution in [0.3, 0.4) is 0 Å². The molecule has 2 nitrogen and oxygen atoms in total. The molecule has 0 unspecified atom stereocenters. The number of rotatable bonds is 2. The molecule has 14 heavy (non-hydrogen) atoms. The third-order valence-corrected chi connectivity index (χ3v) is 5.02. The number of aliphatic hydroxyl groups excluding tert-OH is 1. The largest absolute Gasteiger partial charge is 0.391 e. The van der Waals surface area contributed by atoms with Gasteiger partial charge in [0.2, 0.25) is 0 Å². The van der Waals surface area contributed by atoms with Gasteiger partial charge in [-0.1, -0.05) is 0 Å². The number of hydrogen-bond acceptors (Lipinski definition) is 2. The SMILES string of the molecule is NC[C@@H](O)C12CC3CC(CC(C3)C1)C2. The van der Waals surface area contributed by atoms with Crippen LogP contribution < -0.4 is 5.73 Å².